The predicted octanol–water partition coefficient (Wildman–Crippen LogP) is 4.87. The van der Waals surface area contributed by atoms with E-state index in [2.05, 4.69) is 143 Å². The largest absolute Gasteiger partial charge is 0.354 e. The van der Waals surface area contributed by atoms with Gasteiger partial charge in [-0.05, 0) is 135 Å². The first-order valence-corrected chi connectivity index (χ1v) is 14.0. The van der Waals surface area contributed by atoms with E-state index in [4.69, 9.17) is 0 Å². The van der Waals surface area contributed by atoms with Crippen LogP contribution in [0.25, 0.3) is 16.3 Å². The Kier molecular flexibility index (Phi) is 6.75. The van der Waals surface area contributed by atoms with Crippen molar-refractivity contribution in [3.8, 4) is 0 Å². The molecule has 0 fully saturated rings. The Bertz CT molecular complexity index is 1530. The van der Waals surface area contributed by atoms with E-state index >= 15 is 0 Å². The molecule has 4 aromatic heterocycles. The first-order valence-electron chi connectivity index (χ1n) is 10.8. The summed E-state index contributed by atoms with van der Waals surface area (Å²) >= 11 is 7.30. The Morgan fingerprint density at radius 3 is 1.50 bits per heavy atom. The number of aromatic nitrogens is 4. The third-order valence-electron chi connectivity index (χ3n) is 5.84. The van der Waals surface area contributed by atoms with Crippen molar-refractivity contribution in [2.24, 2.45) is 0 Å². The Morgan fingerprint density at radius 1 is 0.531 bits per heavy atom. The number of H-pyrrole nitrogens is 4. The topological polar surface area (TPSA) is 63.2 Å². The Balaban J connectivity index is 1.81. The van der Waals surface area contributed by atoms with E-state index in [1.54, 1.807) is 0 Å². The number of unbranched alkanes of at least 4 members (excludes halogenated alkanes) is 2. The van der Waals surface area contributed by atoms with Gasteiger partial charge in [0.15, 0.2) is 0 Å². The highest BCUT2D eigenvalue weighted by Crippen LogP contribution is 2.25. The Hall–Kier alpha value is -1.21. The first kappa shape index (κ1) is 22.6. The number of halogens is 3. The van der Waals surface area contributed by atoms with Gasteiger partial charge in [0.05, 0.1) is 43.9 Å². The van der Waals surface area contributed by atoms with Crippen LogP contribution < -0.4 is 21.4 Å². The van der Waals surface area contributed by atoms with E-state index in [1.807, 2.05) is 0 Å². The SMILES string of the molecule is CCCCCC1=c2ccc([nH]2)=C(I)c2ccc([nH]2)C(I)=c2ccc([nH]2)=C(I)c2ccc1[nH]2. The maximum Gasteiger partial charge on any atom is 0.0600 e. The zero-order chi connectivity index (χ0) is 22.2. The van der Waals surface area contributed by atoms with E-state index in [9.17, 15) is 0 Å². The molecule has 32 heavy (non-hydrogen) atoms. The van der Waals surface area contributed by atoms with Crippen molar-refractivity contribution in [1.29, 1.82) is 0 Å². The van der Waals surface area contributed by atoms with Gasteiger partial charge in [-0.3, -0.25) is 0 Å². The normalized spacial score (nSPS) is 13.9. The van der Waals surface area contributed by atoms with Crippen LogP contribution in [-0.4, -0.2) is 19.9 Å². The van der Waals surface area contributed by atoms with E-state index in [1.165, 1.54) is 46.6 Å². The van der Waals surface area contributed by atoms with E-state index < -0.39 is 0 Å². The first-order chi connectivity index (χ1) is 15.5. The summed E-state index contributed by atoms with van der Waals surface area (Å²) in [5.41, 5.74) is 5.91. The van der Waals surface area contributed by atoms with Crippen LogP contribution in [0.1, 0.15) is 55.4 Å². The molecule has 4 aromatic rings. The molecule has 0 aliphatic carbocycles. The van der Waals surface area contributed by atoms with Crippen molar-refractivity contribution < 1.29 is 0 Å². The molecule has 0 unspecified atom stereocenters. The van der Waals surface area contributed by atoms with Gasteiger partial charge in [0.1, 0.15) is 0 Å². The van der Waals surface area contributed by atoms with Gasteiger partial charge in [-0.2, -0.15) is 0 Å². The van der Waals surface area contributed by atoms with Gasteiger partial charge in [0.25, 0.3) is 0 Å². The molecular weight excluding hydrogens is 737 g/mol. The van der Waals surface area contributed by atoms with Crippen molar-refractivity contribution in [2.45, 2.75) is 32.6 Å². The molecule has 1 aliphatic heterocycles. The van der Waals surface area contributed by atoms with Crippen LogP contribution in [0, 0.1) is 0 Å². The van der Waals surface area contributed by atoms with Crippen LogP contribution in [0.15, 0.2) is 48.5 Å². The minimum absolute atomic E-state index is 1.05. The number of fused-ring (bicyclic) bond motifs is 8. The molecule has 1 aliphatic rings. The fraction of sp³-hybridized carbons (Fsp3) is 0.200. The molecule has 0 saturated carbocycles. The number of hydrogen-bond donors (Lipinski definition) is 4. The number of nitrogens with one attached hydrogen (secondary N) is 4. The highest BCUT2D eigenvalue weighted by molar-refractivity contribution is 14.1. The zero-order valence-corrected chi connectivity index (χ0v) is 24.1. The van der Waals surface area contributed by atoms with Crippen LogP contribution in [-0.2, 0) is 0 Å². The summed E-state index contributed by atoms with van der Waals surface area (Å²) in [5, 5.41) is 4.57. The van der Waals surface area contributed by atoms with Gasteiger partial charge in [-0.25, -0.2) is 0 Å². The molecule has 4 nitrogen and oxygen atoms in total. The summed E-state index contributed by atoms with van der Waals surface area (Å²) in [6.45, 7) is 2.26. The smallest absolute Gasteiger partial charge is 0.0600 e. The maximum atomic E-state index is 3.70. The Labute approximate surface area is 227 Å². The third kappa shape index (κ3) is 4.31. The van der Waals surface area contributed by atoms with Gasteiger partial charge in [0.2, 0.25) is 0 Å². The molecule has 0 saturated heterocycles. The second-order valence-electron chi connectivity index (χ2n) is 8.02. The third-order valence-corrected chi connectivity index (χ3v) is 9.33. The molecule has 4 N–H and O–H groups in total. The molecule has 5 rings (SSSR count). The molecule has 0 aromatic carbocycles. The minimum atomic E-state index is 1.05. The average Bonchev–Trinajstić information content (AvgIpc) is 3.61. The number of rotatable bonds is 4. The van der Waals surface area contributed by atoms with E-state index in [0.717, 1.165) is 39.5 Å². The van der Waals surface area contributed by atoms with E-state index in [0.29, 0.717) is 0 Å². The van der Waals surface area contributed by atoms with Gasteiger partial charge in [-0.1, -0.05) is 19.8 Å². The van der Waals surface area contributed by atoms with Crippen LogP contribution in [0.3, 0.4) is 0 Å². The standard InChI is InChI=1S/C25H23I3N4/c1-2-3-4-5-14-15-6-8-17(29-15)23(26)19-10-12-21(31-19)25(28)22-13-11-20(32-22)24(27)18-9-7-16(14)30-18/h6-13,29-32H,2-5H2,1H3. The highest BCUT2D eigenvalue weighted by atomic mass is 127. The second kappa shape index (κ2) is 9.57. The van der Waals surface area contributed by atoms with Crippen LogP contribution in [0.5, 0.6) is 0 Å². The minimum Gasteiger partial charge on any atom is -0.354 e. The number of aromatic amines is 4. The molecule has 0 amide bonds. The summed E-state index contributed by atoms with van der Waals surface area (Å²) in [7, 11) is 0. The van der Waals surface area contributed by atoms with Crippen molar-refractivity contribution in [1.82, 2.24) is 19.9 Å². The fourth-order valence-corrected chi connectivity index (χ4v) is 5.99. The molecular formula is C25H23I3N4. The average molecular weight is 760 g/mol. The summed E-state index contributed by atoms with van der Waals surface area (Å²) in [6.07, 6.45) is 4.69. The summed E-state index contributed by atoms with van der Waals surface area (Å²) in [4.78, 5) is 14.6. The highest BCUT2D eigenvalue weighted by Gasteiger charge is 2.12. The zero-order valence-electron chi connectivity index (χ0n) is 17.6. The van der Waals surface area contributed by atoms with Crippen molar-refractivity contribution in [3.63, 3.8) is 0 Å². The van der Waals surface area contributed by atoms with Gasteiger partial charge in [-0.15, -0.1) is 0 Å². The Morgan fingerprint density at radius 2 is 0.969 bits per heavy atom. The molecule has 7 heteroatoms. The van der Waals surface area contributed by atoms with Crippen molar-refractivity contribution in [3.05, 3.63) is 92.7 Å². The molecule has 5 heterocycles. The predicted molar refractivity (Wildman–Crippen MR) is 158 cm³/mol. The summed E-state index contributed by atoms with van der Waals surface area (Å²) < 4.78 is 3.55. The lowest BCUT2D eigenvalue weighted by Crippen LogP contribution is -2.16. The molecule has 0 atom stereocenters. The van der Waals surface area contributed by atoms with Gasteiger partial charge >= 0.3 is 0 Å². The van der Waals surface area contributed by atoms with Crippen molar-refractivity contribution in [2.75, 3.05) is 0 Å². The lowest BCUT2D eigenvalue weighted by Gasteiger charge is -2.05. The van der Waals surface area contributed by atoms with Crippen LogP contribution >= 0.6 is 67.8 Å². The summed E-state index contributed by atoms with van der Waals surface area (Å²) in [5.74, 6) is 0. The maximum absolute atomic E-state index is 3.70. The number of hydrogen-bond acceptors (Lipinski definition) is 0. The van der Waals surface area contributed by atoms with Gasteiger partial charge < -0.3 is 19.9 Å². The van der Waals surface area contributed by atoms with Crippen LogP contribution in [0.4, 0.5) is 0 Å². The van der Waals surface area contributed by atoms with Crippen molar-refractivity contribution >= 4 is 84.1 Å². The van der Waals surface area contributed by atoms with Crippen LogP contribution in [0.2, 0.25) is 0 Å². The fourth-order valence-electron chi connectivity index (χ4n) is 4.10. The lowest BCUT2D eigenvalue weighted by atomic mass is 10.0. The monoisotopic (exact) mass is 760 g/mol. The summed E-state index contributed by atoms with van der Waals surface area (Å²) in [6, 6.07) is 17.5. The van der Waals surface area contributed by atoms with E-state index in [-0.39, 0.29) is 0 Å². The second-order valence-corrected chi connectivity index (χ2v) is 11.3. The molecule has 0 spiro atoms. The molecule has 8 bridgehead atoms. The van der Waals surface area contributed by atoms with Gasteiger partial charge in [0, 0.05) is 11.0 Å². The lowest BCUT2D eigenvalue weighted by molar-refractivity contribution is 0.732. The quantitative estimate of drug-likeness (QED) is 0.170. The molecule has 164 valence electrons. The molecule has 0 radical (unpaired) electrons.